The molecule has 0 saturated carbocycles. The monoisotopic (exact) mass is 292 g/mol. The molecule has 3 atom stereocenters. The zero-order valence-electron chi connectivity index (χ0n) is 12.2. The van der Waals surface area contributed by atoms with E-state index >= 15 is 0 Å². The van der Waals surface area contributed by atoms with Gasteiger partial charge in [0.25, 0.3) is 0 Å². The Morgan fingerprint density at radius 3 is 2.71 bits per heavy atom. The molecule has 1 aliphatic rings. The maximum atomic E-state index is 11.1. The standard InChI is InChI=1S/C16H20O5/c1-12(17)21-14-8-9-20-15(16(14)18-2)11-19-10-13-6-4-3-5-7-13/h3-9,14-16H,10-11H2,1-2H3/t14-,15-,16-/m1/s1. The molecule has 0 unspecified atom stereocenters. The van der Waals surface area contributed by atoms with Gasteiger partial charge in [-0.05, 0) is 11.6 Å². The molecule has 0 aliphatic carbocycles. The zero-order chi connectivity index (χ0) is 15.1. The second kappa shape index (κ2) is 7.81. The van der Waals surface area contributed by atoms with Gasteiger partial charge in [-0.15, -0.1) is 0 Å². The Morgan fingerprint density at radius 2 is 2.05 bits per heavy atom. The summed E-state index contributed by atoms with van der Waals surface area (Å²) in [6.45, 7) is 2.23. The molecule has 0 amide bonds. The highest BCUT2D eigenvalue weighted by Crippen LogP contribution is 2.19. The van der Waals surface area contributed by atoms with E-state index in [9.17, 15) is 4.79 Å². The van der Waals surface area contributed by atoms with E-state index in [0.29, 0.717) is 13.2 Å². The molecule has 2 rings (SSSR count). The van der Waals surface area contributed by atoms with Crippen LogP contribution >= 0.6 is 0 Å². The predicted octanol–water partition coefficient (Wildman–Crippen LogP) is 2.06. The predicted molar refractivity (Wildman–Crippen MR) is 76.5 cm³/mol. The largest absolute Gasteiger partial charge is 0.493 e. The van der Waals surface area contributed by atoms with Gasteiger partial charge in [0.2, 0.25) is 0 Å². The maximum Gasteiger partial charge on any atom is 0.303 e. The summed E-state index contributed by atoms with van der Waals surface area (Å²) in [6, 6.07) is 9.89. The van der Waals surface area contributed by atoms with Gasteiger partial charge in [0.1, 0.15) is 6.10 Å². The fraction of sp³-hybridized carbons (Fsp3) is 0.438. The quantitative estimate of drug-likeness (QED) is 0.751. The van der Waals surface area contributed by atoms with Crippen molar-refractivity contribution in [3.05, 3.63) is 48.2 Å². The van der Waals surface area contributed by atoms with E-state index in [1.807, 2.05) is 30.3 Å². The first kappa shape index (κ1) is 15.5. The minimum absolute atomic E-state index is 0.312. The van der Waals surface area contributed by atoms with Crippen LogP contribution in [-0.2, 0) is 30.3 Å². The lowest BCUT2D eigenvalue weighted by Crippen LogP contribution is -2.45. The molecule has 0 aromatic heterocycles. The van der Waals surface area contributed by atoms with E-state index in [1.165, 1.54) is 13.2 Å². The number of carbonyl (C=O) groups is 1. The molecule has 1 heterocycles. The third-order valence-electron chi connectivity index (χ3n) is 3.18. The average Bonchev–Trinajstić information content (AvgIpc) is 2.48. The second-order valence-corrected chi connectivity index (χ2v) is 4.78. The number of rotatable bonds is 6. The normalized spacial score (nSPS) is 24.4. The third-order valence-corrected chi connectivity index (χ3v) is 3.18. The van der Waals surface area contributed by atoms with Crippen LogP contribution in [0.25, 0.3) is 0 Å². The minimum atomic E-state index is -0.452. The molecule has 0 spiro atoms. The maximum absolute atomic E-state index is 11.1. The van der Waals surface area contributed by atoms with Crippen molar-refractivity contribution in [3.63, 3.8) is 0 Å². The van der Waals surface area contributed by atoms with Gasteiger partial charge < -0.3 is 18.9 Å². The van der Waals surface area contributed by atoms with Crippen molar-refractivity contribution in [2.75, 3.05) is 13.7 Å². The van der Waals surface area contributed by atoms with Gasteiger partial charge in [0.05, 0.1) is 19.5 Å². The highest BCUT2D eigenvalue weighted by molar-refractivity contribution is 5.66. The molecule has 1 aromatic carbocycles. The Bertz CT molecular complexity index is 471. The van der Waals surface area contributed by atoms with Gasteiger partial charge in [-0.25, -0.2) is 0 Å². The van der Waals surface area contributed by atoms with Crippen molar-refractivity contribution in [3.8, 4) is 0 Å². The Kier molecular flexibility index (Phi) is 5.78. The van der Waals surface area contributed by atoms with Crippen LogP contribution in [-0.4, -0.2) is 38.0 Å². The molecule has 0 saturated heterocycles. The lowest BCUT2D eigenvalue weighted by atomic mass is 10.1. The average molecular weight is 292 g/mol. The summed E-state index contributed by atoms with van der Waals surface area (Å²) in [7, 11) is 1.56. The molecular weight excluding hydrogens is 272 g/mol. The number of methoxy groups -OCH3 is 1. The minimum Gasteiger partial charge on any atom is -0.493 e. The van der Waals surface area contributed by atoms with E-state index < -0.39 is 6.10 Å². The summed E-state index contributed by atoms with van der Waals surface area (Å²) in [5.41, 5.74) is 1.09. The van der Waals surface area contributed by atoms with E-state index in [1.54, 1.807) is 13.2 Å². The van der Waals surface area contributed by atoms with Crippen LogP contribution in [0.2, 0.25) is 0 Å². The van der Waals surface area contributed by atoms with Crippen LogP contribution in [0.5, 0.6) is 0 Å². The molecule has 1 aromatic rings. The van der Waals surface area contributed by atoms with Gasteiger partial charge in [0, 0.05) is 14.0 Å². The van der Waals surface area contributed by atoms with E-state index in [2.05, 4.69) is 0 Å². The fourth-order valence-electron chi connectivity index (χ4n) is 2.21. The summed E-state index contributed by atoms with van der Waals surface area (Å²) < 4.78 is 21.8. The lowest BCUT2D eigenvalue weighted by Gasteiger charge is -2.32. The summed E-state index contributed by atoms with van der Waals surface area (Å²) in [5, 5.41) is 0. The van der Waals surface area contributed by atoms with Crippen molar-refractivity contribution in [1.29, 1.82) is 0 Å². The Balaban J connectivity index is 1.87. The van der Waals surface area contributed by atoms with Crippen LogP contribution in [0.1, 0.15) is 12.5 Å². The molecule has 0 fully saturated rings. The topological polar surface area (TPSA) is 54.0 Å². The Labute approximate surface area is 124 Å². The second-order valence-electron chi connectivity index (χ2n) is 4.78. The number of carbonyl (C=O) groups excluding carboxylic acids is 1. The van der Waals surface area contributed by atoms with Crippen LogP contribution in [0.15, 0.2) is 42.7 Å². The van der Waals surface area contributed by atoms with Crippen LogP contribution in [0, 0.1) is 0 Å². The molecule has 0 bridgehead atoms. The number of ether oxygens (including phenoxy) is 4. The SMILES string of the molecule is CO[C@@H]1[C@H](OC(C)=O)C=CO[C@@H]1COCc1ccccc1. The fourth-order valence-corrected chi connectivity index (χ4v) is 2.21. The molecule has 5 nitrogen and oxygen atoms in total. The first-order valence-electron chi connectivity index (χ1n) is 6.84. The highest BCUT2D eigenvalue weighted by Gasteiger charge is 2.34. The highest BCUT2D eigenvalue weighted by atomic mass is 16.6. The van der Waals surface area contributed by atoms with E-state index in [-0.39, 0.29) is 18.2 Å². The summed E-state index contributed by atoms with van der Waals surface area (Å²) in [6.07, 6.45) is 2.05. The molecule has 0 radical (unpaired) electrons. The van der Waals surface area contributed by atoms with Crippen molar-refractivity contribution in [2.45, 2.75) is 31.8 Å². The van der Waals surface area contributed by atoms with Gasteiger partial charge in [-0.1, -0.05) is 30.3 Å². The van der Waals surface area contributed by atoms with Crippen LogP contribution in [0.4, 0.5) is 0 Å². The number of esters is 1. The smallest absolute Gasteiger partial charge is 0.303 e. The molecule has 5 heteroatoms. The Hall–Kier alpha value is -1.85. The van der Waals surface area contributed by atoms with Gasteiger partial charge in [-0.2, -0.15) is 0 Å². The first-order chi connectivity index (χ1) is 10.2. The number of benzene rings is 1. The van der Waals surface area contributed by atoms with Crippen LogP contribution < -0.4 is 0 Å². The zero-order valence-corrected chi connectivity index (χ0v) is 12.2. The van der Waals surface area contributed by atoms with Crippen molar-refractivity contribution >= 4 is 5.97 Å². The van der Waals surface area contributed by atoms with E-state index in [0.717, 1.165) is 5.56 Å². The number of hydrogen-bond acceptors (Lipinski definition) is 5. The van der Waals surface area contributed by atoms with Gasteiger partial charge >= 0.3 is 5.97 Å². The first-order valence-corrected chi connectivity index (χ1v) is 6.84. The molecular formula is C16H20O5. The third kappa shape index (κ3) is 4.58. The molecule has 1 aliphatic heterocycles. The van der Waals surface area contributed by atoms with Crippen molar-refractivity contribution in [2.24, 2.45) is 0 Å². The number of hydrogen-bond donors (Lipinski definition) is 0. The van der Waals surface area contributed by atoms with Crippen molar-refractivity contribution in [1.82, 2.24) is 0 Å². The van der Waals surface area contributed by atoms with Gasteiger partial charge in [-0.3, -0.25) is 4.79 Å². The molecule has 0 N–H and O–H groups in total. The summed E-state index contributed by atoms with van der Waals surface area (Å²) in [5.74, 6) is -0.349. The lowest BCUT2D eigenvalue weighted by molar-refractivity contribution is -0.161. The van der Waals surface area contributed by atoms with Crippen molar-refractivity contribution < 1.29 is 23.7 Å². The Morgan fingerprint density at radius 1 is 1.29 bits per heavy atom. The van der Waals surface area contributed by atoms with Gasteiger partial charge in [0.15, 0.2) is 12.2 Å². The summed E-state index contributed by atoms with van der Waals surface area (Å²) in [4.78, 5) is 11.1. The van der Waals surface area contributed by atoms with E-state index in [4.69, 9.17) is 18.9 Å². The molecule has 114 valence electrons. The van der Waals surface area contributed by atoms with Crippen LogP contribution in [0.3, 0.4) is 0 Å². The molecule has 21 heavy (non-hydrogen) atoms. The summed E-state index contributed by atoms with van der Waals surface area (Å²) >= 11 is 0.